The van der Waals surface area contributed by atoms with Crippen molar-refractivity contribution in [2.24, 2.45) is 5.92 Å². The van der Waals surface area contributed by atoms with Crippen molar-refractivity contribution in [3.63, 3.8) is 0 Å². The molecule has 0 atom stereocenters. The van der Waals surface area contributed by atoms with Crippen molar-refractivity contribution >= 4 is 0 Å². The Morgan fingerprint density at radius 1 is 1.10 bits per heavy atom. The Labute approximate surface area is 128 Å². The molecule has 0 amide bonds. The van der Waals surface area contributed by atoms with Gasteiger partial charge in [0.15, 0.2) is 0 Å². The first-order valence-electron chi connectivity index (χ1n) is 7.93. The lowest BCUT2D eigenvalue weighted by Gasteiger charge is -2.27. The van der Waals surface area contributed by atoms with Gasteiger partial charge in [0.1, 0.15) is 5.75 Å². The van der Waals surface area contributed by atoms with Crippen LogP contribution in [0.3, 0.4) is 0 Å². The Bertz CT molecular complexity index is 568. The Morgan fingerprint density at radius 3 is 2.57 bits per heavy atom. The van der Waals surface area contributed by atoms with Gasteiger partial charge in [0.2, 0.25) is 0 Å². The maximum Gasteiger partial charge on any atom is 0.119 e. The summed E-state index contributed by atoms with van der Waals surface area (Å²) in [5.41, 5.74) is 2.73. The molecule has 3 rings (SSSR count). The van der Waals surface area contributed by atoms with E-state index in [1.165, 1.54) is 24.0 Å². The highest BCUT2D eigenvalue weighted by atomic mass is 16.5. The van der Waals surface area contributed by atoms with E-state index in [0.717, 1.165) is 24.7 Å². The molecule has 2 aliphatic carbocycles. The summed E-state index contributed by atoms with van der Waals surface area (Å²) < 4.78 is 5.82. The molecule has 0 bridgehead atoms. The summed E-state index contributed by atoms with van der Waals surface area (Å²) in [7, 11) is 0. The third-order valence-electron chi connectivity index (χ3n) is 4.48. The molecule has 0 unspecified atom stereocenters. The van der Waals surface area contributed by atoms with E-state index in [-0.39, 0.29) is 5.41 Å². The van der Waals surface area contributed by atoms with Crippen LogP contribution in [0.2, 0.25) is 0 Å². The van der Waals surface area contributed by atoms with Crippen LogP contribution >= 0.6 is 0 Å². The van der Waals surface area contributed by atoms with E-state index in [0.29, 0.717) is 0 Å². The Kier molecular flexibility index (Phi) is 4.01. The summed E-state index contributed by atoms with van der Waals surface area (Å²) in [6.07, 6.45) is 14.7. The van der Waals surface area contributed by atoms with Crippen molar-refractivity contribution < 1.29 is 4.74 Å². The molecule has 1 saturated carbocycles. The summed E-state index contributed by atoms with van der Waals surface area (Å²) in [4.78, 5) is 0. The van der Waals surface area contributed by atoms with Crippen LogP contribution in [0, 0.1) is 5.92 Å². The summed E-state index contributed by atoms with van der Waals surface area (Å²) >= 11 is 0. The number of hydrogen-bond donors (Lipinski definition) is 0. The van der Waals surface area contributed by atoms with E-state index in [1.807, 2.05) is 0 Å². The monoisotopic (exact) mass is 280 g/mol. The Hall–Kier alpha value is -1.76. The van der Waals surface area contributed by atoms with Crippen molar-refractivity contribution in [3.8, 4) is 5.75 Å². The van der Waals surface area contributed by atoms with E-state index in [9.17, 15) is 0 Å². The van der Waals surface area contributed by atoms with Crippen LogP contribution in [0.1, 0.15) is 38.7 Å². The summed E-state index contributed by atoms with van der Waals surface area (Å²) in [6.45, 7) is 5.45. The fourth-order valence-corrected chi connectivity index (χ4v) is 2.68. The minimum atomic E-state index is 0.0253. The van der Waals surface area contributed by atoms with Crippen molar-refractivity contribution in [2.75, 3.05) is 6.61 Å². The molecular weight excluding hydrogens is 256 g/mol. The number of ether oxygens (including phenoxy) is 1. The third-order valence-corrected chi connectivity index (χ3v) is 4.48. The van der Waals surface area contributed by atoms with E-state index < -0.39 is 0 Å². The number of allylic oxidation sites excluding steroid dienone is 6. The average molecular weight is 280 g/mol. The van der Waals surface area contributed by atoms with Crippen LogP contribution < -0.4 is 4.74 Å². The molecule has 0 spiro atoms. The van der Waals surface area contributed by atoms with Gasteiger partial charge in [-0.1, -0.05) is 56.4 Å². The van der Waals surface area contributed by atoms with E-state index in [4.69, 9.17) is 4.74 Å². The minimum Gasteiger partial charge on any atom is -0.493 e. The zero-order chi connectivity index (χ0) is 14.7. The van der Waals surface area contributed by atoms with Crippen molar-refractivity contribution in [1.29, 1.82) is 0 Å². The average Bonchev–Trinajstić information content (AvgIpc) is 3.32. The lowest BCUT2D eigenvalue weighted by molar-refractivity contribution is 0.299. The summed E-state index contributed by atoms with van der Waals surface area (Å²) in [5, 5.41) is 0. The molecular formula is C20H24O. The van der Waals surface area contributed by atoms with Gasteiger partial charge in [0, 0.05) is 5.41 Å². The van der Waals surface area contributed by atoms with Gasteiger partial charge in [-0.2, -0.15) is 0 Å². The normalized spacial score (nSPS) is 18.3. The largest absolute Gasteiger partial charge is 0.493 e. The van der Waals surface area contributed by atoms with Crippen molar-refractivity contribution in [2.45, 2.75) is 38.5 Å². The lowest BCUT2D eigenvalue weighted by Crippen LogP contribution is -2.19. The quantitative estimate of drug-likeness (QED) is 0.720. The predicted octanol–water partition coefficient (Wildman–Crippen LogP) is 5.20. The molecule has 1 heteroatoms. The molecule has 0 saturated heterocycles. The standard InChI is InChI=1S/C20H24O/c1-20(2,17-7-5-3-4-6-8-17)18-11-13-19(14-12-18)21-15-16-9-10-16/h3-5,7-8,11-14,16H,6,9-10,15H2,1-2H3. The van der Waals surface area contributed by atoms with Crippen LogP contribution in [-0.4, -0.2) is 6.61 Å². The Balaban J connectivity index is 1.73. The van der Waals surface area contributed by atoms with E-state index in [1.54, 1.807) is 0 Å². The van der Waals surface area contributed by atoms with Gasteiger partial charge in [0.25, 0.3) is 0 Å². The van der Waals surface area contributed by atoms with E-state index >= 15 is 0 Å². The number of benzene rings is 1. The second-order valence-electron chi connectivity index (χ2n) is 6.59. The van der Waals surface area contributed by atoms with Gasteiger partial charge in [-0.25, -0.2) is 0 Å². The highest BCUT2D eigenvalue weighted by Gasteiger charge is 2.24. The zero-order valence-electron chi connectivity index (χ0n) is 13.0. The molecule has 0 aliphatic heterocycles. The van der Waals surface area contributed by atoms with Gasteiger partial charge >= 0.3 is 0 Å². The summed E-state index contributed by atoms with van der Waals surface area (Å²) in [5.74, 6) is 1.79. The van der Waals surface area contributed by atoms with Crippen molar-refractivity contribution in [1.82, 2.24) is 0 Å². The van der Waals surface area contributed by atoms with Gasteiger partial charge in [-0.05, 0) is 48.4 Å². The zero-order valence-corrected chi connectivity index (χ0v) is 13.0. The smallest absolute Gasteiger partial charge is 0.119 e. The first-order valence-corrected chi connectivity index (χ1v) is 7.93. The Morgan fingerprint density at radius 2 is 1.86 bits per heavy atom. The molecule has 21 heavy (non-hydrogen) atoms. The molecule has 1 aromatic carbocycles. The molecule has 0 heterocycles. The maximum absolute atomic E-state index is 5.82. The molecule has 1 nitrogen and oxygen atoms in total. The SMILES string of the molecule is CC(C)(C1=CCC=CC=C1)c1ccc(OCC2CC2)cc1. The predicted molar refractivity (Wildman–Crippen MR) is 88.7 cm³/mol. The molecule has 110 valence electrons. The van der Waals surface area contributed by atoms with Crippen LogP contribution in [0.5, 0.6) is 5.75 Å². The fraction of sp³-hybridized carbons (Fsp3) is 0.400. The molecule has 0 N–H and O–H groups in total. The number of hydrogen-bond acceptors (Lipinski definition) is 1. The van der Waals surface area contributed by atoms with Crippen molar-refractivity contribution in [3.05, 3.63) is 65.8 Å². The van der Waals surface area contributed by atoms with Crippen LogP contribution in [0.4, 0.5) is 0 Å². The van der Waals surface area contributed by atoms with Gasteiger partial charge < -0.3 is 4.74 Å². The maximum atomic E-state index is 5.82. The highest BCUT2D eigenvalue weighted by Crippen LogP contribution is 2.35. The minimum absolute atomic E-state index is 0.0253. The lowest BCUT2D eigenvalue weighted by atomic mass is 9.77. The summed E-state index contributed by atoms with van der Waals surface area (Å²) in [6, 6.07) is 8.63. The van der Waals surface area contributed by atoms with Crippen LogP contribution in [-0.2, 0) is 5.41 Å². The van der Waals surface area contributed by atoms with Gasteiger partial charge in [0.05, 0.1) is 6.61 Å². The molecule has 0 aromatic heterocycles. The first kappa shape index (κ1) is 14.2. The van der Waals surface area contributed by atoms with E-state index in [2.05, 4.69) is 68.5 Å². The van der Waals surface area contributed by atoms with Gasteiger partial charge in [-0.15, -0.1) is 0 Å². The fourth-order valence-electron chi connectivity index (χ4n) is 2.68. The molecule has 1 fully saturated rings. The second-order valence-corrected chi connectivity index (χ2v) is 6.59. The van der Waals surface area contributed by atoms with Gasteiger partial charge in [-0.3, -0.25) is 0 Å². The highest BCUT2D eigenvalue weighted by molar-refractivity contribution is 5.43. The number of rotatable bonds is 5. The van der Waals surface area contributed by atoms with Crippen LogP contribution in [0.15, 0.2) is 60.2 Å². The van der Waals surface area contributed by atoms with Crippen LogP contribution in [0.25, 0.3) is 0 Å². The molecule has 1 aromatic rings. The molecule has 0 radical (unpaired) electrons. The second kappa shape index (κ2) is 5.93. The first-order chi connectivity index (χ1) is 10.2. The third kappa shape index (κ3) is 3.47. The topological polar surface area (TPSA) is 9.23 Å². The molecule has 2 aliphatic rings.